The Labute approximate surface area is 208 Å². The quantitative estimate of drug-likeness (QED) is 0.272. The van der Waals surface area contributed by atoms with Crippen molar-refractivity contribution in [3.63, 3.8) is 0 Å². The van der Waals surface area contributed by atoms with Gasteiger partial charge in [0.1, 0.15) is 18.4 Å². The van der Waals surface area contributed by atoms with E-state index in [1.54, 1.807) is 21.9 Å². The van der Waals surface area contributed by atoms with Crippen molar-refractivity contribution in [2.75, 3.05) is 19.8 Å². The third-order valence-corrected chi connectivity index (χ3v) is 6.35. The van der Waals surface area contributed by atoms with Crippen LogP contribution in [0.15, 0.2) is 67.5 Å². The number of hydrogen-bond acceptors (Lipinski definition) is 5. The van der Waals surface area contributed by atoms with Gasteiger partial charge in [0.05, 0.1) is 12.8 Å². The topological polar surface area (TPSA) is 85.3 Å². The second-order valence-electron chi connectivity index (χ2n) is 8.36. The fourth-order valence-electron chi connectivity index (χ4n) is 4.53. The Morgan fingerprint density at radius 2 is 2.11 bits per heavy atom. The zero-order valence-electron chi connectivity index (χ0n) is 19.2. The van der Waals surface area contributed by atoms with Gasteiger partial charge in [-0.3, -0.25) is 9.58 Å². The Morgan fingerprint density at radius 3 is 2.89 bits per heavy atom. The number of aryl methyl sites for hydroxylation is 1. The lowest BCUT2D eigenvalue weighted by atomic mass is 9.92. The molecule has 2 aromatic heterocycles. The molecule has 8 nitrogen and oxygen atoms in total. The van der Waals surface area contributed by atoms with Crippen molar-refractivity contribution in [2.45, 2.75) is 25.4 Å². The minimum atomic E-state index is -0.370. The highest BCUT2D eigenvalue weighted by atomic mass is 35.5. The van der Waals surface area contributed by atoms with Gasteiger partial charge in [-0.05, 0) is 47.9 Å². The number of ether oxygens (including phenoxy) is 2. The molecule has 180 valence electrons. The maximum Gasteiger partial charge on any atom is 0.410 e. The van der Waals surface area contributed by atoms with Gasteiger partial charge in [0.25, 0.3) is 0 Å². The number of nitrogens with zero attached hydrogens (tertiary/aromatic N) is 4. The largest absolute Gasteiger partial charge is 0.494 e. The van der Waals surface area contributed by atoms with Crippen LogP contribution in [0, 0.1) is 0 Å². The minimum absolute atomic E-state index is 0.165. The third kappa shape index (κ3) is 4.88. The maximum atomic E-state index is 12.9. The number of fused-ring (bicyclic) bond motifs is 3. The number of carbonyl (C=O) groups excluding carboxylic acids is 1. The van der Waals surface area contributed by atoms with Crippen LogP contribution in [-0.2, 0) is 17.7 Å². The monoisotopic (exact) mass is 491 g/mol. The van der Waals surface area contributed by atoms with E-state index in [9.17, 15) is 4.79 Å². The van der Waals surface area contributed by atoms with Crippen LogP contribution in [0.5, 0.6) is 5.75 Å². The number of halogens is 1. The smallest absolute Gasteiger partial charge is 0.410 e. The number of aromatic amines is 1. The first-order valence-electron chi connectivity index (χ1n) is 11.5. The van der Waals surface area contributed by atoms with Crippen LogP contribution in [0.25, 0.3) is 10.9 Å². The molecule has 1 unspecified atom stereocenters. The number of rotatable bonds is 8. The van der Waals surface area contributed by atoms with Crippen LogP contribution in [0.4, 0.5) is 4.79 Å². The molecule has 0 spiro atoms. The van der Waals surface area contributed by atoms with E-state index in [0.29, 0.717) is 24.6 Å². The van der Waals surface area contributed by atoms with E-state index in [1.807, 2.05) is 48.7 Å². The van der Waals surface area contributed by atoms with E-state index in [1.165, 1.54) is 5.56 Å². The highest BCUT2D eigenvalue weighted by Crippen LogP contribution is 2.39. The molecule has 1 amide bonds. The van der Waals surface area contributed by atoms with Crippen LogP contribution < -0.4 is 4.74 Å². The minimum Gasteiger partial charge on any atom is -0.494 e. The number of H-pyrrole nitrogens is 1. The van der Waals surface area contributed by atoms with Gasteiger partial charge >= 0.3 is 6.09 Å². The first-order valence-corrected chi connectivity index (χ1v) is 11.9. The lowest BCUT2D eigenvalue weighted by Gasteiger charge is -2.35. The Kier molecular flexibility index (Phi) is 6.72. The molecule has 0 saturated carbocycles. The number of carbonyl (C=O) groups is 1. The molecule has 1 N–H and O–H groups in total. The summed E-state index contributed by atoms with van der Waals surface area (Å²) in [5, 5.41) is 9.54. The Hall–Kier alpha value is -3.78. The van der Waals surface area contributed by atoms with Crippen LogP contribution in [0.2, 0.25) is 5.02 Å². The maximum absolute atomic E-state index is 12.9. The Bertz CT molecular complexity index is 1320. The number of nitrogens with one attached hydrogen (secondary N) is 1. The standard InChI is InChI=1S/C26H26ClN5O3/c1-2-15-35-26(33)32-13-10-21-22-17-19(27)6-9-23(22)29-24(21)25(32)18-4-7-20(8-5-18)34-16-3-12-31-14-11-28-30-31/h2,4-9,11,14,17,25,29H,1,3,10,12-13,15-16H2. The lowest BCUT2D eigenvalue weighted by molar-refractivity contribution is 0.0979. The van der Waals surface area contributed by atoms with E-state index < -0.39 is 0 Å². The molecule has 0 saturated heterocycles. The van der Waals surface area contributed by atoms with E-state index in [0.717, 1.165) is 40.9 Å². The summed E-state index contributed by atoms with van der Waals surface area (Å²) in [6.45, 7) is 5.66. The third-order valence-electron chi connectivity index (χ3n) is 6.12. The molecule has 3 heterocycles. The van der Waals surface area contributed by atoms with E-state index in [2.05, 4.69) is 21.9 Å². The summed E-state index contributed by atoms with van der Waals surface area (Å²) in [7, 11) is 0. The first-order chi connectivity index (χ1) is 17.1. The average molecular weight is 492 g/mol. The average Bonchev–Trinajstić information content (AvgIpc) is 3.52. The zero-order valence-corrected chi connectivity index (χ0v) is 19.9. The van der Waals surface area contributed by atoms with Gasteiger partial charge in [-0.25, -0.2) is 4.79 Å². The van der Waals surface area contributed by atoms with Crippen molar-refractivity contribution < 1.29 is 14.3 Å². The van der Waals surface area contributed by atoms with Gasteiger partial charge in [-0.2, -0.15) is 0 Å². The van der Waals surface area contributed by atoms with Gasteiger partial charge in [0, 0.05) is 47.3 Å². The summed E-state index contributed by atoms with van der Waals surface area (Å²) in [4.78, 5) is 18.2. The number of hydrogen-bond donors (Lipinski definition) is 1. The SMILES string of the molecule is C=CCOC(=O)N1CCc2c([nH]c3ccc(Cl)cc23)C1c1ccc(OCCCn2ccnn2)cc1. The Morgan fingerprint density at radius 1 is 1.26 bits per heavy atom. The predicted molar refractivity (Wildman–Crippen MR) is 134 cm³/mol. The molecule has 5 rings (SSSR count). The molecular formula is C26H26ClN5O3. The van der Waals surface area contributed by atoms with Crippen molar-refractivity contribution >= 4 is 28.6 Å². The molecule has 1 aliphatic heterocycles. The summed E-state index contributed by atoms with van der Waals surface area (Å²) in [5.74, 6) is 0.771. The van der Waals surface area contributed by atoms with E-state index in [4.69, 9.17) is 21.1 Å². The van der Waals surface area contributed by atoms with Gasteiger partial charge < -0.3 is 14.5 Å². The normalized spacial score (nSPS) is 15.1. The van der Waals surface area contributed by atoms with Crippen molar-refractivity contribution in [2.24, 2.45) is 0 Å². The fraction of sp³-hybridized carbons (Fsp3) is 0.269. The van der Waals surface area contributed by atoms with Crippen LogP contribution in [0.3, 0.4) is 0 Å². The van der Waals surface area contributed by atoms with E-state index >= 15 is 0 Å². The molecular weight excluding hydrogens is 466 g/mol. The van der Waals surface area contributed by atoms with Crippen LogP contribution in [0.1, 0.15) is 29.3 Å². The number of amides is 1. The second kappa shape index (κ2) is 10.2. The van der Waals surface area contributed by atoms with Crippen molar-refractivity contribution in [1.82, 2.24) is 24.9 Å². The molecule has 0 bridgehead atoms. The van der Waals surface area contributed by atoms with Crippen molar-refractivity contribution in [3.8, 4) is 5.75 Å². The summed E-state index contributed by atoms with van der Waals surface area (Å²) in [6, 6.07) is 13.4. The molecule has 4 aromatic rings. The summed E-state index contributed by atoms with van der Waals surface area (Å²) < 4.78 is 13.1. The van der Waals surface area contributed by atoms with Gasteiger partial charge in [-0.1, -0.05) is 41.6 Å². The molecule has 0 radical (unpaired) electrons. The predicted octanol–water partition coefficient (Wildman–Crippen LogP) is 5.15. The van der Waals surface area contributed by atoms with E-state index in [-0.39, 0.29) is 18.7 Å². The van der Waals surface area contributed by atoms with Crippen molar-refractivity contribution in [1.29, 1.82) is 0 Å². The van der Waals surface area contributed by atoms with Gasteiger partial charge in [0.2, 0.25) is 0 Å². The highest BCUT2D eigenvalue weighted by Gasteiger charge is 2.35. The van der Waals surface area contributed by atoms with Crippen molar-refractivity contribution in [3.05, 3.63) is 89.4 Å². The second-order valence-corrected chi connectivity index (χ2v) is 8.79. The molecule has 1 atom stereocenters. The number of benzene rings is 2. The fourth-order valence-corrected chi connectivity index (χ4v) is 4.70. The molecule has 0 fully saturated rings. The first kappa shape index (κ1) is 23.0. The molecule has 0 aliphatic carbocycles. The summed E-state index contributed by atoms with van der Waals surface area (Å²) in [6.07, 6.45) is 6.22. The summed E-state index contributed by atoms with van der Waals surface area (Å²) in [5.41, 5.74) is 4.12. The molecule has 1 aliphatic rings. The lowest BCUT2D eigenvalue weighted by Crippen LogP contribution is -2.41. The summed E-state index contributed by atoms with van der Waals surface area (Å²) >= 11 is 6.28. The molecule has 9 heteroatoms. The van der Waals surface area contributed by atoms with Crippen LogP contribution in [-0.4, -0.2) is 50.7 Å². The van der Waals surface area contributed by atoms with Gasteiger partial charge in [-0.15, -0.1) is 5.10 Å². The highest BCUT2D eigenvalue weighted by molar-refractivity contribution is 6.31. The molecule has 2 aromatic carbocycles. The zero-order chi connectivity index (χ0) is 24.2. The Balaban J connectivity index is 1.39. The molecule has 35 heavy (non-hydrogen) atoms. The van der Waals surface area contributed by atoms with Gasteiger partial charge in [0.15, 0.2) is 0 Å². The van der Waals surface area contributed by atoms with Crippen LogP contribution >= 0.6 is 11.6 Å². The number of aromatic nitrogens is 4.